The van der Waals surface area contributed by atoms with Crippen LogP contribution in [0.4, 0.5) is 4.39 Å². The SMILES string of the molecule is CC(O)CNC(=O)c1cc(C2=CC=C(Cl)C(C)C2)nn(-c2cccc(F)c2)c1=O. The van der Waals surface area contributed by atoms with Gasteiger partial charge in [-0.15, -0.1) is 0 Å². The van der Waals surface area contributed by atoms with Crippen LogP contribution in [0.15, 0.2) is 52.3 Å². The molecule has 2 aromatic rings. The molecule has 0 radical (unpaired) electrons. The molecule has 2 N–H and O–H groups in total. The molecule has 0 fully saturated rings. The Morgan fingerprint density at radius 1 is 1.41 bits per heavy atom. The molecule has 2 atom stereocenters. The van der Waals surface area contributed by atoms with E-state index in [1.165, 1.54) is 37.3 Å². The number of benzene rings is 1. The molecule has 1 aromatic carbocycles. The van der Waals surface area contributed by atoms with Crippen LogP contribution < -0.4 is 10.9 Å². The van der Waals surface area contributed by atoms with E-state index in [2.05, 4.69) is 10.4 Å². The van der Waals surface area contributed by atoms with Gasteiger partial charge in [0.05, 0.1) is 17.5 Å². The van der Waals surface area contributed by atoms with E-state index in [0.717, 1.165) is 10.3 Å². The first kappa shape index (κ1) is 21.0. The van der Waals surface area contributed by atoms with E-state index in [4.69, 9.17) is 11.6 Å². The first-order valence-corrected chi connectivity index (χ1v) is 9.57. The number of hydrogen-bond acceptors (Lipinski definition) is 4. The van der Waals surface area contributed by atoms with Crippen LogP contribution >= 0.6 is 11.6 Å². The van der Waals surface area contributed by atoms with Gasteiger partial charge in [-0.2, -0.15) is 9.78 Å². The van der Waals surface area contributed by atoms with E-state index < -0.39 is 23.4 Å². The van der Waals surface area contributed by atoms with Crippen LogP contribution in [-0.4, -0.2) is 33.4 Å². The van der Waals surface area contributed by atoms with Crippen LogP contribution in [0.1, 0.15) is 36.3 Å². The van der Waals surface area contributed by atoms with Gasteiger partial charge < -0.3 is 10.4 Å². The van der Waals surface area contributed by atoms with Crippen LogP contribution in [0, 0.1) is 11.7 Å². The Labute approximate surface area is 172 Å². The average Bonchev–Trinajstić information content (AvgIpc) is 2.68. The van der Waals surface area contributed by atoms with Crippen molar-refractivity contribution in [3.63, 3.8) is 0 Å². The minimum absolute atomic E-state index is 0.00598. The number of aliphatic hydroxyl groups excluding tert-OH is 1. The molecule has 1 aliphatic rings. The molecular formula is C21H21ClFN3O3. The summed E-state index contributed by atoms with van der Waals surface area (Å²) in [5.74, 6) is -1.09. The van der Waals surface area contributed by atoms with Gasteiger partial charge >= 0.3 is 0 Å². The van der Waals surface area contributed by atoms with E-state index in [9.17, 15) is 19.1 Å². The number of aromatic nitrogens is 2. The number of nitrogens with zero attached hydrogens (tertiary/aromatic N) is 2. The summed E-state index contributed by atoms with van der Waals surface area (Å²) >= 11 is 6.15. The summed E-state index contributed by atoms with van der Waals surface area (Å²) in [7, 11) is 0. The highest BCUT2D eigenvalue weighted by Crippen LogP contribution is 2.32. The molecule has 1 heterocycles. The van der Waals surface area contributed by atoms with Crippen molar-refractivity contribution in [3.05, 3.63) is 74.9 Å². The summed E-state index contributed by atoms with van der Waals surface area (Å²) in [5.41, 5.74) is 0.606. The van der Waals surface area contributed by atoms with E-state index in [0.29, 0.717) is 17.1 Å². The van der Waals surface area contributed by atoms with Crippen LogP contribution in [0.3, 0.4) is 0 Å². The summed E-state index contributed by atoms with van der Waals surface area (Å²) in [5, 5.41) is 17.0. The van der Waals surface area contributed by atoms with Crippen LogP contribution in [-0.2, 0) is 0 Å². The fraction of sp³-hybridized carbons (Fsp3) is 0.286. The summed E-state index contributed by atoms with van der Waals surface area (Å²) in [6.45, 7) is 3.48. The molecule has 8 heteroatoms. The molecule has 152 valence electrons. The molecule has 0 saturated heterocycles. The quantitative estimate of drug-likeness (QED) is 0.783. The maximum absolute atomic E-state index is 13.7. The summed E-state index contributed by atoms with van der Waals surface area (Å²) in [6, 6.07) is 6.84. The number of nitrogens with one attached hydrogen (secondary N) is 1. The standard InChI is InChI=1S/C21H21ClFN3O3/c1-12-8-14(6-7-18(12)22)19-10-17(20(28)24-11-13(2)27)21(29)26(25-19)16-5-3-4-15(23)9-16/h3-7,9-10,12-13,27H,8,11H2,1-2H3,(H,24,28). The lowest BCUT2D eigenvalue weighted by atomic mass is 9.93. The smallest absolute Gasteiger partial charge is 0.284 e. The maximum atomic E-state index is 13.7. The van der Waals surface area contributed by atoms with E-state index in [1.807, 2.05) is 6.92 Å². The third-order valence-electron chi connectivity index (χ3n) is 4.54. The lowest BCUT2D eigenvalue weighted by molar-refractivity contribution is 0.0922. The van der Waals surface area contributed by atoms with Gasteiger partial charge in [0.15, 0.2) is 0 Å². The zero-order valence-corrected chi connectivity index (χ0v) is 16.8. The minimum Gasteiger partial charge on any atom is -0.392 e. The van der Waals surface area contributed by atoms with Gasteiger partial charge in [0.25, 0.3) is 11.5 Å². The summed E-state index contributed by atoms with van der Waals surface area (Å²) in [4.78, 5) is 25.5. The first-order valence-electron chi connectivity index (χ1n) is 9.19. The lowest BCUT2D eigenvalue weighted by Gasteiger charge is -2.19. The van der Waals surface area contributed by atoms with Crippen LogP contribution in [0.25, 0.3) is 11.3 Å². The second kappa shape index (κ2) is 8.71. The predicted molar refractivity (Wildman–Crippen MR) is 110 cm³/mol. The molecular weight excluding hydrogens is 397 g/mol. The van der Waals surface area contributed by atoms with Gasteiger partial charge in [-0.1, -0.05) is 30.7 Å². The molecule has 0 spiro atoms. The summed E-state index contributed by atoms with van der Waals surface area (Å²) in [6.07, 6.45) is 3.37. The van der Waals surface area contributed by atoms with Crippen LogP contribution in [0.2, 0.25) is 0 Å². The number of aliphatic hydroxyl groups is 1. The Bertz CT molecular complexity index is 1060. The first-order chi connectivity index (χ1) is 13.8. The van der Waals surface area contributed by atoms with Crippen molar-refractivity contribution in [1.82, 2.24) is 15.1 Å². The zero-order chi connectivity index (χ0) is 21.1. The van der Waals surface area contributed by atoms with Crippen molar-refractivity contribution in [2.45, 2.75) is 26.4 Å². The molecule has 1 amide bonds. The largest absolute Gasteiger partial charge is 0.392 e. The molecule has 1 aromatic heterocycles. The predicted octanol–water partition coefficient (Wildman–Crippen LogP) is 3.03. The highest BCUT2D eigenvalue weighted by molar-refractivity contribution is 6.30. The summed E-state index contributed by atoms with van der Waals surface area (Å²) < 4.78 is 14.7. The maximum Gasteiger partial charge on any atom is 0.284 e. The molecule has 2 unspecified atom stereocenters. The number of hydrogen-bond donors (Lipinski definition) is 2. The minimum atomic E-state index is -0.764. The molecule has 1 aliphatic carbocycles. The fourth-order valence-electron chi connectivity index (χ4n) is 2.96. The number of carbonyl (C=O) groups excluding carboxylic acids is 1. The number of halogens is 2. The van der Waals surface area contributed by atoms with Crippen molar-refractivity contribution < 1.29 is 14.3 Å². The van der Waals surface area contributed by atoms with Crippen molar-refractivity contribution in [1.29, 1.82) is 0 Å². The van der Waals surface area contributed by atoms with Gasteiger partial charge in [-0.3, -0.25) is 9.59 Å². The van der Waals surface area contributed by atoms with E-state index in [1.54, 1.807) is 12.2 Å². The van der Waals surface area contributed by atoms with Crippen molar-refractivity contribution >= 4 is 23.1 Å². The van der Waals surface area contributed by atoms with Gasteiger partial charge in [-0.05, 0) is 55.2 Å². The zero-order valence-electron chi connectivity index (χ0n) is 16.0. The molecule has 6 nitrogen and oxygen atoms in total. The van der Waals surface area contributed by atoms with Crippen LogP contribution in [0.5, 0.6) is 0 Å². The van der Waals surface area contributed by atoms with Gasteiger partial charge in [-0.25, -0.2) is 4.39 Å². The number of amides is 1. The third-order valence-corrected chi connectivity index (χ3v) is 5.04. The number of allylic oxidation sites excluding steroid dienone is 4. The molecule has 0 bridgehead atoms. The second-order valence-electron chi connectivity index (χ2n) is 7.05. The lowest BCUT2D eigenvalue weighted by Crippen LogP contribution is -2.37. The molecule has 29 heavy (non-hydrogen) atoms. The van der Waals surface area contributed by atoms with Gasteiger partial charge in [0, 0.05) is 11.6 Å². The Balaban J connectivity index is 2.14. The normalized spacial score (nSPS) is 17.3. The topological polar surface area (TPSA) is 84.2 Å². The Kier molecular flexibility index (Phi) is 6.30. The monoisotopic (exact) mass is 417 g/mol. The van der Waals surface area contributed by atoms with Crippen molar-refractivity contribution in [3.8, 4) is 5.69 Å². The third kappa shape index (κ3) is 4.81. The van der Waals surface area contributed by atoms with Gasteiger partial charge in [0.1, 0.15) is 11.4 Å². The van der Waals surface area contributed by atoms with Crippen molar-refractivity contribution in [2.24, 2.45) is 5.92 Å². The Morgan fingerprint density at radius 3 is 2.83 bits per heavy atom. The highest BCUT2D eigenvalue weighted by atomic mass is 35.5. The molecule has 0 aliphatic heterocycles. The number of rotatable bonds is 5. The van der Waals surface area contributed by atoms with E-state index >= 15 is 0 Å². The van der Waals surface area contributed by atoms with E-state index in [-0.39, 0.29) is 23.7 Å². The number of carbonyl (C=O) groups is 1. The average molecular weight is 418 g/mol. The van der Waals surface area contributed by atoms with Gasteiger partial charge in [0.2, 0.25) is 0 Å². The molecule has 0 saturated carbocycles. The van der Waals surface area contributed by atoms with Crippen molar-refractivity contribution in [2.75, 3.05) is 6.54 Å². The highest BCUT2D eigenvalue weighted by Gasteiger charge is 2.21. The fourth-order valence-corrected chi connectivity index (χ4v) is 3.10. The second-order valence-corrected chi connectivity index (χ2v) is 7.48. The Hall–Kier alpha value is -2.77. The Morgan fingerprint density at radius 2 is 2.17 bits per heavy atom. The molecule has 3 rings (SSSR count).